The second-order valence-corrected chi connectivity index (χ2v) is 7.85. The molecule has 2 saturated heterocycles. The monoisotopic (exact) mass is 357 g/mol. The van der Waals surface area contributed by atoms with Gasteiger partial charge in [0, 0.05) is 13.0 Å². The Morgan fingerprint density at radius 2 is 1.69 bits per heavy atom. The molecule has 2 aromatic heterocycles. The number of hydrogen-bond donors (Lipinski definition) is 0. The van der Waals surface area contributed by atoms with Gasteiger partial charge >= 0.3 is 0 Å². The van der Waals surface area contributed by atoms with E-state index in [0.29, 0.717) is 5.92 Å². The van der Waals surface area contributed by atoms with Gasteiger partial charge in [0.2, 0.25) is 0 Å². The average molecular weight is 358 g/mol. The predicted octanol–water partition coefficient (Wildman–Crippen LogP) is 3.16. The van der Waals surface area contributed by atoms with Crippen molar-refractivity contribution in [2.45, 2.75) is 57.5 Å². The van der Waals surface area contributed by atoms with Crippen molar-refractivity contribution in [2.75, 3.05) is 26.2 Å². The summed E-state index contributed by atoms with van der Waals surface area (Å²) in [6.07, 6.45) is 9.44. The molecule has 4 heterocycles. The summed E-state index contributed by atoms with van der Waals surface area (Å²) < 4.78 is 7.74. The highest BCUT2D eigenvalue weighted by molar-refractivity contribution is 5.04. The lowest BCUT2D eigenvalue weighted by Gasteiger charge is -2.30. The number of furan rings is 1. The Morgan fingerprint density at radius 3 is 2.38 bits per heavy atom. The quantitative estimate of drug-likeness (QED) is 0.823. The predicted molar refractivity (Wildman–Crippen MR) is 101 cm³/mol. The standard InChI is InChI=1S/C20H31N5O/c1-23-19(16-24-10-4-2-3-5-11-24)21-22-20(23)17-8-12-25(13-9-17)15-18-7-6-14-26-18/h6-7,14,17H,2-5,8-13,15-16H2,1H3. The van der Waals surface area contributed by atoms with Crippen molar-refractivity contribution < 1.29 is 4.42 Å². The smallest absolute Gasteiger partial charge is 0.146 e. The molecule has 0 atom stereocenters. The van der Waals surface area contributed by atoms with Crippen LogP contribution in [-0.2, 0) is 20.1 Å². The topological polar surface area (TPSA) is 50.3 Å². The van der Waals surface area contributed by atoms with E-state index < -0.39 is 0 Å². The highest BCUT2D eigenvalue weighted by Crippen LogP contribution is 2.28. The van der Waals surface area contributed by atoms with Gasteiger partial charge in [-0.1, -0.05) is 12.8 Å². The van der Waals surface area contributed by atoms with Crippen LogP contribution in [0.3, 0.4) is 0 Å². The molecule has 0 aromatic carbocycles. The third kappa shape index (κ3) is 4.18. The molecule has 0 radical (unpaired) electrons. The van der Waals surface area contributed by atoms with Crippen molar-refractivity contribution >= 4 is 0 Å². The summed E-state index contributed by atoms with van der Waals surface area (Å²) in [5.41, 5.74) is 0. The summed E-state index contributed by atoms with van der Waals surface area (Å²) in [6, 6.07) is 4.03. The van der Waals surface area contributed by atoms with E-state index in [0.717, 1.165) is 50.6 Å². The van der Waals surface area contributed by atoms with Crippen molar-refractivity contribution in [1.82, 2.24) is 24.6 Å². The molecular formula is C20H31N5O. The fraction of sp³-hybridized carbons (Fsp3) is 0.700. The minimum absolute atomic E-state index is 0.526. The summed E-state index contributed by atoms with van der Waals surface area (Å²) in [7, 11) is 2.15. The first-order valence-electron chi connectivity index (χ1n) is 10.1. The molecule has 6 heteroatoms. The fourth-order valence-electron chi connectivity index (χ4n) is 4.34. The third-order valence-electron chi connectivity index (χ3n) is 5.97. The minimum atomic E-state index is 0.526. The first kappa shape index (κ1) is 17.7. The molecule has 4 rings (SSSR count). The second kappa shape index (κ2) is 8.35. The molecule has 0 spiro atoms. The van der Waals surface area contributed by atoms with Gasteiger partial charge < -0.3 is 8.98 Å². The van der Waals surface area contributed by atoms with Crippen molar-refractivity contribution in [3.8, 4) is 0 Å². The molecule has 142 valence electrons. The van der Waals surface area contributed by atoms with E-state index in [-0.39, 0.29) is 0 Å². The van der Waals surface area contributed by atoms with E-state index in [9.17, 15) is 0 Å². The van der Waals surface area contributed by atoms with E-state index in [2.05, 4.69) is 37.7 Å². The molecule has 2 aliphatic heterocycles. The van der Waals surface area contributed by atoms with E-state index >= 15 is 0 Å². The van der Waals surface area contributed by atoms with Crippen molar-refractivity contribution in [1.29, 1.82) is 0 Å². The number of likely N-dealkylation sites (tertiary alicyclic amines) is 2. The maximum atomic E-state index is 5.48. The van der Waals surface area contributed by atoms with Gasteiger partial charge in [0.05, 0.1) is 19.4 Å². The number of rotatable bonds is 5. The fourth-order valence-corrected chi connectivity index (χ4v) is 4.34. The van der Waals surface area contributed by atoms with Gasteiger partial charge in [-0.3, -0.25) is 9.80 Å². The minimum Gasteiger partial charge on any atom is -0.468 e. The van der Waals surface area contributed by atoms with E-state index in [1.165, 1.54) is 44.6 Å². The van der Waals surface area contributed by atoms with Crippen LogP contribution >= 0.6 is 0 Å². The second-order valence-electron chi connectivity index (χ2n) is 7.85. The SMILES string of the molecule is Cn1c(CN2CCCCCC2)nnc1C1CCN(Cc2ccco2)CC1. The molecule has 2 fully saturated rings. The Kier molecular flexibility index (Phi) is 5.70. The lowest BCUT2D eigenvalue weighted by atomic mass is 9.96. The van der Waals surface area contributed by atoms with Gasteiger partial charge in [0.15, 0.2) is 0 Å². The van der Waals surface area contributed by atoms with Crippen LogP contribution in [-0.4, -0.2) is 50.7 Å². The largest absolute Gasteiger partial charge is 0.468 e. The normalized spacial score (nSPS) is 21.1. The molecule has 2 aromatic rings. The van der Waals surface area contributed by atoms with Gasteiger partial charge in [-0.15, -0.1) is 10.2 Å². The van der Waals surface area contributed by atoms with Crippen LogP contribution in [0.1, 0.15) is 61.9 Å². The zero-order valence-corrected chi connectivity index (χ0v) is 15.9. The van der Waals surface area contributed by atoms with Crippen LogP contribution in [0.15, 0.2) is 22.8 Å². The van der Waals surface area contributed by atoms with Crippen LogP contribution < -0.4 is 0 Å². The number of aromatic nitrogens is 3. The van der Waals surface area contributed by atoms with Crippen molar-refractivity contribution in [3.63, 3.8) is 0 Å². The van der Waals surface area contributed by atoms with Gasteiger partial charge in [-0.05, 0) is 64.0 Å². The highest BCUT2D eigenvalue weighted by atomic mass is 16.3. The Bertz CT molecular complexity index is 664. The zero-order valence-electron chi connectivity index (χ0n) is 15.9. The molecule has 0 N–H and O–H groups in total. The molecule has 2 aliphatic rings. The maximum absolute atomic E-state index is 5.48. The molecular weight excluding hydrogens is 326 g/mol. The highest BCUT2D eigenvalue weighted by Gasteiger charge is 2.26. The van der Waals surface area contributed by atoms with Gasteiger partial charge in [-0.2, -0.15) is 0 Å². The third-order valence-corrected chi connectivity index (χ3v) is 5.97. The Labute approximate surface area is 156 Å². The summed E-state index contributed by atoms with van der Waals surface area (Å²) in [6.45, 7) is 6.46. The van der Waals surface area contributed by atoms with Crippen molar-refractivity contribution in [2.24, 2.45) is 7.05 Å². The zero-order chi connectivity index (χ0) is 17.8. The summed E-state index contributed by atoms with van der Waals surface area (Å²) in [5.74, 6) is 3.88. The number of piperidine rings is 1. The Balaban J connectivity index is 1.33. The van der Waals surface area contributed by atoms with Crippen LogP contribution in [0.25, 0.3) is 0 Å². The Hall–Kier alpha value is -1.66. The summed E-state index contributed by atoms with van der Waals surface area (Å²) in [5, 5.41) is 9.12. The molecule has 26 heavy (non-hydrogen) atoms. The summed E-state index contributed by atoms with van der Waals surface area (Å²) in [4.78, 5) is 5.02. The maximum Gasteiger partial charge on any atom is 0.146 e. The summed E-state index contributed by atoms with van der Waals surface area (Å²) >= 11 is 0. The van der Waals surface area contributed by atoms with Gasteiger partial charge in [0.1, 0.15) is 17.4 Å². The van der Waals surface area contributed by atoms with Crippen LogP contribution in [0.4, 0.5) is 0 Å². The first-order valence-corrected chi connectivity index (χ1v) is 10.1. The van der Waals surface area contributed by atoms with Crippen LogP contribution in [0.5, 0.6) is 0 Å². The molecule has 0 aliphatic carbocycles. The molecule has 0 saturated carbocycles. The van der Waals surface area contributed by atoms with Crippen molar-refractivity contribution in [3.05, 3.63) is 35.8 Å². The first-order chi connectivity index (χ1) is 12.8. The van der Waals surface area contributed by atoms with Gasteiger partial charge in [0.25, 0.3) is 0 Å². The molecule has 0 unspecified atom stereocenters. The molecule has 0 bridgehead atoms. The lowest BCUT2D eigenvalue weighted by Crippen LogP contribution is -2.33. The van der Waals surface area contributed by atoms with Gasteiger partial charge in [-0.25, -0.2) is 0 Å². The lowest BCUT2D eigenvalue weighted by molar-refractivity contribution is 0.187. The van der Waals surface area contributed by atoms with E-state index in [4.69, 9.17) is 4.42 Å². The number of hydrogen-bond acceptors (Lipinski definition) is 5. The molecule has 6 nitrogen and oxygen atoms in total. The Morgan fingerprint density at radius 1 is 0.962 bits per heavy atom. The number of nitrogens with zero attached hydrogens (tertiary/aromatic N) is 5. The molecule has 0 amide bonds. The van der Waals surface area contributed by atoms with E-state index in [1.54, 1.807) is 6.26 Å². The van der Waals surface area contributed by atoms with E-state index in [1.807, 2.05) is 6.07 Å². The van der Waals surface area contributed by atoms with Crippen LogP contribution in [0.2, 0.25) is 0 Å². The average Bonchev–Trinajstić information content (AvgIpc) is 3.20. The van der Waals surface area contributed by atoms with Crippen LogP contribution in [0, 0.1) is 0 Å².